The molecule has 2 aliphatic rings. The number of carboxylic acids is 1. The smallest absolute Gasteiger partial charge is 0.317 e. The van der Waals surface area contributed by atoms with E-state index in [9.17, 15) is 9.59 Å². The lowest BCUT2D eigenvalue weighted by Gasteiger charge is -2.42. The van der Waals surface area contributed by atoms with E-state index in [0.717, 1.165) is 19.3 Å². The van der Waals surface area contributed by atoms with Gasteiger partial charge in [0.1, 0.15) is 0 Å². The van der Waals surface area contributed by atoms with Gasteiger partial charge >= 0.3 is 12.0 Å². The highest BCUT2D eigenvalue weighted by atomic mass is 16.5. The normalized spacial score (nSPS) is 22.5. The first-order valence-corrected chi connectivity index (χ1v) is 5.87. The monoisotopic (exact) mass is 242 g/mol. The predicted octanol–water partition coefficient (Wildman–Crippen LogP) is 0.281. The molecule has 6 heteroatoms. The second kappa shape index (κ2) is 4.52. The van der Waals surface area contributed by atoms with Crippen LogP contribution in [-0.2, 0) is 9.53 Å². The second-order valence-electron chi connectivity index (χ2n) is 4.84. The number of urea groups is 1. The standard InChI is InChI=1S/C11H18N2O4/c1-17-11(3-2-4-11)7-12-10(16)13-5-8(6-13)9(14)15/h8H,2-7H2,1H3,(H,12,16)(H,14,15). The van der Waals surface area contributed by atoms with E-state index in [1.54, 1.807) is 7.11 Å². The molecule has 2 amide bonds. The van der Waals surface area contributed by atoms with Gasteiger partial charge in [0.2, 0.25) is 0 Å². The summed E-state index contributed by atoms with van der Waals surface area (Å²) in [6.07, 6.45) is 3.08. The Bertz CT molecular complexity index is 316. The van der Waals surface area contributed by atoms with E-state index in [-0.39, 0.29) is 11.6 Å². The Kier molecular flexibility index (Phi) is 3.24. The molecule has 2 N–H and O–H groups in total. The van der Waals surface area contributed by atoms with Crippen molar-refractivity contribution in [3.8, 4) is 0 Å². The first kappa shape index (κ1) is 12.2. The molecule has 1 saturated carbocycles. The molecule has 0 atom stereocenters. The zero-order valence-corrected chi connectivity index (χ0v) is 9.94. The van der Waals surface area contributed by atoms with Gasteiger partial charge < -0.3 is 20.1 Å². The molecule has 0 radical (unpaired) electrons. The van der Waals surface area contributed by atoms with E-state index in [2.05, 4.69) is 5.32 Å². The maximum Gasteiger partial charge on any atom is 0.317 e. The number of hydrogen-bond acceptors (Lipinski definition) is 3. The van der Waals surface area contributed by atoms with E-state index in [0.29, 0.717) is 19.6 Å². The van der Waals surface area contributed by atoms with Crippen molar-refractivity contribution in [2.75, 3.05) is 26.7 Å². The quantitative estimate of drug-likeness (QED) is 0.742. The summed E-state index contributed by atoms with van der Waals surface area (Å²) in [7, 11) is 1.66. The van der Waals surface area contributed by atoms with E-state index < -0.39 is 11.9 Å². The summed E-state index contributed by atoms with van der Waals surface area (Å²) in [5, 5.41) is 11.5. The van der Waals surface area contributed by atoms with Crippen LogP contribution in [0.1, 0.15) is 19.3 Å². The van der Waals surface area contributed by atoms with Gasteiger partial charge in [0.25, 0.3) is 0 Å². The van der Waals surface area contributed by atoms with E-state index in [1.165, 1.54) is 4.90 Å². The average molecular weight is 242 g/mol. The van der Waals surface area contributed by atoms with Crippen LogP contribution in [0.25, 0.3) is 0 Å². The van der Waals surface area contributed by atoms with Crippen molar-refractivity contribution in [3.05, 3.63) is 0 Å². The van der Waals surface area contributed by atoms with Gasteiger partial charge in [0, 0.05) is 26.7 Å². The van der Waals surface area contributed by atoms with Crippen molar-refractivity contribution in [3.63, 3.8) is 0 Å². The third-order valence-corrected chi connectivity index (χ3v) is 3.78. The van der Waals surface area contributed by atoms with E-state index in [4.69, 9.17) is 9.84 Å². The number of hydrogen-bond donors (Lipinski definition) is 2. The molecule has 2 rings (SSSR count). The van der Waals surface area contributed by atoms with Crippen molar-refractivity contribution >= 4 is 12.0 Å². The van der Waals surface area contributed by atoms with E-state index in [1.807, 2.05) is 0 Å². The molecule has 0 aromatic heterocycles. The molecule has 0 aromatic rings. The van der Waals surface area contributed by atoms with Crippen LogP contribution in [0, 0.1) is 5.92 Å². The summed E-state index contributed by atoms with van der Waals surface area (Å²) < 4.78 is 5.39. The van der Waals surface area contributed by atoms with E-state index >= 15 is 0 Å². The minimum Gasteiger partial charge on any atom is -0.481 e. The zero-order chi connectivity index (χ0) is 12.5. The SMILES string of the molecule is COC1(CNC(=O)N2CC(C(=O)O)C2)CCC1. The number of ether oxygens (including phenoxy) is 1. The van der Waals surface area contributed by atoms with Gasteiger partial charge in [-0.05, 0) is 19.3 Å². The second-order valence-corrected chi connectivity index (χ2v) is 4.84. The lowest BCUT2D eigenvalue weighted by atomic mass is 9.80. The Labute approximate surface area is 99.9 Å². The van der Waals surface area contributed by atoms with Crippen molar-refractivity contribution < 1.29 is 19.4 Å². The molecule has 1 saturated heterocycles. The molecule has 17 heavy (non-hydrogen) atoms. The summed E-state index contributed by atoms with van der Waals surface area (Å²) in [4.78, 5) is 23.8. The number of likely N-dealkylation sites (tertiary alicyclic amines) is 1. The molecule has 0 bridgehead atoms. The van der Waals surface area contributed by atoms with Crippen LogP contribution in [-0.4, -0.2) is 54.4 Å². The van der Waals surface area contributed by atoms with Gasteiger partial charge in [-0.15, -0.1) is 0 Å². The summed E-state index contributed by atoms with van der Waals surface area (Å²) >= 11 is 0. The number of nitrogens with one attached hydrogen (secondary N) is 1. The molecular weight excluding hydrogens is 224 g/mol. The van der Waals surface area contributed by atoms with Crippen LogP contribution in [0.2, 0.25) is 0 Å². The minimum atomic E-state index is -0.832. The van der Waals surface area contributed by atoms with Gasteiger partial charge in [0.15, 0.2) is 0 Å². The molecule has 1 heterocycles. The van der Waals surface area contributed by atoms with Crippen molar-refractivity contribution in [2.24, 2.45) is 5.92 Å². The number of rotatable bonds is 4. The molecule has 6 nitrogen and oxygen atoms in total. The molecule has 1 aliphatic heterocycles. The van der Waals surface area contributed by atoms with Gasteiger partial charge in [-0.25, -0.2) is 4.79 Å². The highest BCUT2D eigenvalue weighted by molar-refractivity contribution is 5.79. The molecule has 0 spiro atoms. The van der Waals surface area contributed by atoms with Crippen LogP contribution in [0.5, 0.6) is 0 Å². The maximum atomic E-state index is 11.7. The molecule has 0 unspecified atom stereocenters. The van der Waals surface area contributed by atoms with Crippen molar-refractivity contribution in [1.29, 1.82) is 0 Å². The average Bonchev–Trinajstić information content (AvgIpc) is 2.13. The molecule has 1 aliphatic carbocycles. The maximum absolute atomic E-state index is 11.7. The Morgan fingerprint density at radius 2 is 2.12 bits per heavy atom. The van der Waals surface area contributed by atoms with Gasteiger partial charge in [-0.1, -0.05) is 0 Å². The topological polar surface area (TPSA) is 78.9 Å². The summed E-state index contributed by atoms with van der Waals surface area (Å²) in [6.45, 7) is 1.12. The van der Waals surface area contributed by atoms with Crippen LogP contribution in [0.4, 0.5) is 4.79 Å². The number of aliphatic carboxylic acids is 1. The molecular formula is C11H18N2O4. The van der Waals surface area contributed by atoms with Crippen LogP contribution < -0.4 is 5.32 Å². The van der Waals surface area contributed by atoms with Crippen molar-refractivity contribution in [1.82, 2.24) is 10.2 Å². The summed E-state index contributed by atoms with van der Waals surface area (Å²) in [6, 6.07) is -0.189. The lowest BCUT2D eigenvalue weighted by molar-refractivity contribution is -0.146. The Hall–Kier alpha value is -1.30. The third-order valence-electron chi connectivity index (χ3n) is 3.78. The molecule has 0 aromatic carbocycles. The largest absolute Gasteiger partial charge is 0.481 e. The number of methoxy groups -OCH3 is 1. The zero-order valence-electron chi connectivity index (χ0n) is 9.94. The fraction of sp³-hybridized carbons (Fsp3) is 0.818. The third kappa shape index (κ3) is 2.36. The number of carbonyl (C=O) groups excluding carboxylic acids is 1. The van der Waals surface area contributed by atoms with Crippen LogP contribution >= 0.6 is 0 Å². The fourth-order valence-electron chi connectivity index (χ4n) is 2.17. The molecule has 96 valence electrons. The number of carboxylic acid groups (broad SMARTS) is 1. The highest BCUT2D eigenvalue weighted by Crippen LogP contribution is 2.34. The Morgan fingerprint density at radius 3 is 2.53 bits per heavy atom. The predicted molar refractivity (Wildman–Crippen MR) is 59.7 cm³/mol. The minimum absolute atomic E-state index is 0.188. The fourth-order valence-corrected chi connectivity index (χ4v) is 2.17. The Morgan fingerprint density at radius 1 is 1.47 bits per heavy atom. The van der Waals surface area contributed by atoms with Crippen molar-refractivity contribution in [2.45, 2.75) is 24.9 Å². The highest BCUT2D eigenvalue weighted by Gasteiger charge is 2.39. The van der Waals surface area contributed by atoms with Crippen LogP contribution in [0.3, 0.4) is 0 Å². The lowest BCUT2D eigenvalue weighted by Crippen LogP contribution is -2.58. The first-order valence-electron chi connectivity index (χ1n) is 5.87. The van der Waals surface area contributed by atoms with Gasteiger partial charge in [-0.2, -0.15) is 0 Å². The van der Waals surface area contributed by atoms with Gasteiger partial charge in [0.05, 0.1) is 11.5 Å². The molecule has 2 fully saturated rings. The number of carbonyl (C=O) groups is 2. The van der Waals surface area contributed by atoms with Crippen LogP contribution in [0.15, 0.2) is 0 Å². The van der Waals surface area contributed by atoms with Gasteiger partial charge in [-0.3, -0.25) is 4.79 Å². The Balaban J connectivity index is 1.70. The summed E-state index contributed by atoms with van der Waals surface area (Å²) in [5.41, 5.74) is -0.188. The summed E-state index contributed by atoms with van der Waals surface area (Å²) in [5.74, 6) is -1.23. The first-order chi connectivity index (χ1) is 8.06. The number of amides is 2. The number of nitrogens with zero attached hydrogens (tertiary/aromatic N) is 1.